The van der Waals surface area contributed by atoms with Gasteiger partial charge in [-0.2, -0.15) is 0 Å². The normalized spacial score (nSPS) is 40.9. The molecule has 0 aromatic heterocycles. The van der Waals surface area contributed by atoms with E-state index in [1.807, 2.05) is 0 Å². The highest BCUT2D eigenvalue weighted by atomic mass is 14.5. The van der Waals surface area contributed by atoms with E-state index < -0.39 is 32.0 Å². The summed E-state index contributed by atoms with van der Waals surface area (Å²) in [7, 11) is 0. The minimum Gasteiger partial charge on any atom is -0.330 e. The van der Waals surface area contributed by atoms with Crippen LogP contribution in [0.25, 0.3) is 0 Å². The van der Waals surface area contributed by atoms with E-state index in [-0.39, 0.29) is 0 Å². The first-order valence-corrected chi connectivity index (χ1v) is 1.79. The Kier molecular flexibility index (Phi) is 0.826. The molecule has 0 amide bonds. The van der Waals surface area contributed by atoms with Gasteiger partial charge in [-0.15, -0.1) is 0 Å². The first-order valence-electron chi connectivity index (χ1n) is 6.79. The lowest BCUT2D eigenvalue weighted by Crippen LogP contribution is -1.97. The predicted octanol–water partition coefficient (Wildman–Crippen LogP) is 1.53. The van der Waals surface area contributed by atoms with Crippen LogP contribution in [0.4, 0.5) is 0 Å². The molecule has 0 aromatic rings. The van der Waals surface area contributed by atoms with Crippen LogP contribution in [0.5, 0.6) is 0 Å². The van der Waals surface area contributed by atoms with Crippen LogP contribution in [0.3, 0.4) is 0 Å². The van der Waals surface area contributed by atoms with Gasteiger partial charge < -0.3 is 5.73 Å². The van der Waals surface area contributed by atoms with Crippen LogP contribution in [-0.4, -0.2) is 6.50 Å². The fourth-order valence-corrected chi connectivity index (χ4v) is 0.130. The van der Waals surface area contributed by atoms with Gasteiger partial charge in [-0.05, 0) is 12.9 Å². The monoisotopic (exact) mass is 111 g/mol. The average molecular weight is 111 g/mol. The summed E-state index contributed by atoms with van der Waals surface area (Å²) in [5.74, 6) is 0. The lowest BCUT2D eigenvalue weighted by atomic mass is 10.2. The molecule has 0 fully saturated rings. The molecule has 7 heavy (non-hydrogen) atoms. The summed E-state index contributed by atoms with van der Waals surface area (Å²) >= 11 is 0. The van der Waals surface area contributed by atoms with Crippen molar-refractivity contribution in [2.45, 2.75) is 32.4 Å². The molecular weight excluding hydrogens is 86.1 g/mol. The number of nitrogens with two attached hydrogens (primary N) is 1. The van der Waals surface area contributed by atoms with Crippen molar-refractivity contribution in [2.75, 3.05) is 6.50 Å². The molecule has 0 bridgehead atoms. The van der Waals surface area contributed by atoms with E-state index in [1.165, 1.54) is 0 Å². The maximum Gasteiger partial charge on any atom is 0.0425 e. The van der Waals surface area contributed by atoms with Crippen LogP contribution < -0.4 is 5.73 Å². The third-order valence-electron chi connectivity index (χ3n) is 0.322. The third-order valence-corrected chi connectivity index (χ3v) is 0.322. The Morgan fingerprint density at radius 1 is 1.43 bits per heavy atom. The van der Waals surface area contributed by atoms with Crippen LogP contribution in [0.1, 0.15) is 46.1 Å². The van der Waals surface area contributed by atoms with Gasteiger partial charge in [0.15, 0.2) is 0 Å². The molecule has 0 rings (SSSR count). The van der Waals surface area contributed by atoms with Gasteiger partial charge in [0.1, 0.15) is 0 Å². The van der Waals surface area contributed by atoms with Crippen LogP contribution in [-0.2, 0) is 0 Å². The maximum absolute atomic E-state index is 7.40. The fraction of sp³-hybridized carbons (Fsp3) is 1.00. The summed E-state index contributed by atoms with van der Waals surface area (Å²) in [6.45, 7) is -2.39. The quantitative estimate of drug-likeness (QED) is 0.585. The zero-order valence-corrected chi connectivity index (χ0v) is 4.08. The molecule has 1 heteroatoms. The van der Waals surface area contributed by atoms with E-state index in [4.69, 9.17) is 19.4 Å². The zero-order chi connectivity index (χ0) is 14.5. The van der Waals surface area contributed by atoms with Crippen molar-refractivity contribution in [3.63, 3.8) is 0 Å². The minimum absolute atomic E-state index is 0.757. The Bertz CT molecular complexity index is 256. The van der Waals surface area contributed by atoms with Crippen LogP contribution in [0, 0.1) is 0 Å². The molecule has 0 aliphatic heterocycles. The molecule has 0 atom stereocenters. The maximum atomic E-state index is 7.40. The van der Waals surface area contributed by atoms with Crippen molar-refractivity contribution in [2.24, 2.45) is 5.73 Å². The largest absolute Gasteiger partial charge is 0.330 e. The van der Waals surface area contributed by atoms with Crippen LogP contribution in [0.2, 0.25) is 0 Å². The summed E-state index contributed by atoms with van der Waals surface area (Å²) in [6, 6.07) is 0. The van der Waals surface area contributed by atoms with Crippen LogP contribution >= 0.6 is 0 Å². The van der Waals surface area contributed by atoms with Crippen molar-refractivity contribution >= 4 is 0 Å². The van der Waals surface area contributed by atoms with E-state index in [1.54, 1.807) is 0 Å². The second-order valence-corrected chi connectivity index (χ2v) is 0.769. The number of hydrogen-bond donors (Lipinski definition) is 1. The van der Waals surface area contributed by atoms with E-state index in [9.17, 15) is 0 Å². The van der Waals surface area contributed by atoms with Gasteiger partial charge in [-0.1, -0.05) is 26.0 Å². The molecule has 0 heterocycles. The van der Waals surface area contributed by atoms with Crippen molar-refractivity contribution in [3.05, 3.63) is 0 Å². The summed E-state index contributed by atoms with van der Waals surface area (Å²) in [4.78, 5) is 0. The van der Waals surface area contributed by atoms with Crippen molar-refractivity contribution in [1.29, 1.82) is 0 Å². The van der Waals surface area contributed by atoms with Crippen LogP contribution in [0.15, 0.2) is 0 Å². The van der Waals surface area contributed by atoms with Gasteiger partial charge in [0.25, 0.3) is 0 Å². The highest BCUT2D eigenvalue weighted by molar-refractivity contribution is 4.38. The summed E-state index contributed by atoms with van der Waals surface area (Å²) in [6.07, 6.45) is -12.8. The van der Waals surface area contributed by atoms with Gasteiger partial charge in [0, 0.05) is 13.7 Å². The lowest BCUT2D eigenvalue weighted by molar-refractivity contribution is 0.674. The smallest absolute Gasteiger partial charge is 0.0425 e. The SMILES string of the molecule is [2H]C([2H])(C)C([2H])([2H])C([2H])([2H])C([2H])([2H])C([2H])([2H])N. The Morgan fingerprint density at radius 2 is 2.14 bits per heavy atom. The standard InChI is InChI=1S/C6H15N/c1-2-3-4-5-6-7/h2-7H2,1H3/i2D2,3D2,4D2,5D2,6D2. The third kappa shape index (κ3) is 5.96. The van der Waals surface area contributed by atoms with Gasteiger partial charge in [0.05, 0.1) is 0 Å². The summed E-state index contributed by atoms with van der Waals surface area (Å²) < 4.78 is 72.6. The summed E-state index contributed by atoms with van der Waals surface area (Å²) in [5, 5.41) is 0. The predicted molar refractivity (Wildman–Crippen MR) is 33.2 cm³/mol. The molecule has 0 aliphatic rings. The Morgan fingerprint density at radius 3 is 2.57 bits per heavy atom. The summed E-state index contributed by atoms with van der Waals surface area (Å²) in [5.41, 5.74) is 4.87. The molecule has 0 aliphatic carbocycles. The number of rotatable bonds is 4. The average Bonchev–Trinajstić information content (AvgIpc) is 1.98. The zero-order valence-electron chi connectivity index (χ0n) is 14.1. The lowest BCUT2D eigenvalue weighted by Gasteiger charge is -1.90. The van der Waals surface area contributed by atoms with E-state index in [0.29, 0.717) is 0 Å². The highest BCUT2D eigenvalue weighted by Crippen LogP contribution is 1.95. The minimum atomic E-state index is -3.45. The topological polar surface area (TPSA) is 26.0 Å². The van der Waals surface area contributed by atoms with Gasteiger partial charge in [0.2, 0.25) is 0 Å². The van der Waals surface area contributed by atoms with Gasteiger partial charge in [-0.25, -0.2) is 0 Å². The van der Waals surface area contributed by atoms with E-state index >= 15 is 0 Å². The molecule has 0 aromatic carbocycles. The van der Waals surface area contributed by atoms with Crippen molar-refractivity contribution in [3.8, 4) is 0 Å². The number of hydrogen-bond acceptors (Lipinski definition) is 1. The molecular formula is C6H15N. The molecule has 0 saturated carbocycles. The molecule has 1 nitrogen and oxygen atoms in total. The molecule has 2 N–H and O–H groups in total. The Labute approximate surface area is 60.0 Å². The Balaban J connectivity index is 5.73. The second-order valence-electron chi connectivity index (χ2n) is 0.769. The van der Waals surface area contributed by atoms with E-state index in [2.05, 4.69) is 0 Å². The molecule has 0 saturated heterocycles. The van der Waals surface area contributed by atoms with Gasteiger partial charge >= 0.3 is 0 Å². The molecule has 0 radical (unpaired) electrons. The first-order chi connectivity index (χ1) is 7.00. The van der Waals surface area contributed by atoms with Gasteiger partial charge in [-0.3, -0.25) is 0 Å². The van der Waals surface area contributed by atoms with E-state index in [0.717, 1.165) is 6.92 Å². The highest BCUT2D eigenvalue weighted by Gasteiger charge is 1.80. The molecule has 0 unspecified atom stereocenters. The Hall–Kier alpha value is -0.0400. The second kappa shape index (κ2) is 5.96. The van der Waals surface area contributed by atoms with Crippen molar-refractivity contribution < 1.29 is 13.7 Å². The molecule has 0 spiro atoms. The van der Waals surface area contributed by atoms with Crippen molar-refractivity contribution in [1.82, 2.24) is 0 Å². The fourth-order valence-electron chi connectivity index (χ4n) is 0.130. The molecule has 44 valence electrons. The first kappa shape index (κ1) is 0.971.